The third-order valence-electron chi connectivity index (χ3n) is 4.48. The fourth-order valence-electron chi connectivity index (χ4n) is 3.30. The Morgan fingerprint density at radius 3 is 2.58 bits per heavy atom. The molecule has 1 saturated carbocycles. The van der Waals surface area contributed by atoms with Crippen LogP contribution in [0.3, 0.4) is 0 Å². The van der Waals surface area contributed by atoms with Crippen LogP contribution in [0.15, 0.2) is 0 Å². The van der Waals surface area contributed by atoms with Gasteiger partial charge in [0.15, 0.2) is 0 Å². The van der Waals surface area contributed by atoms with Crippen molar-refractivity contribution in [2.24, 2.45) is 11.8 Å². The number of hydrogen-bond donors (Lipinski definition) is 2. The highest BCUT2D eigenvalue weighted by Gasteiger charge is 2.20. The van der Waals surface area contributed by atoms with Crippen LogP contribution in [0.5, 0.6) is 0 Å². The van der Waals surface area contributed by atoms with Gasteiger partial charge in [-0.25, -0.2) is 0 Å². The maximum atomic E-state index is 11.9. The lowest BCUT2D eigenvalue weighted by Crippen LogP contribution is -2.40. The summed E-state index contributed by atoms with van der Waals surface area (Å²) in [6.45, 7) is 2.83. The maximum Gasteiger partial charge on any atom is 0.224 e. The fourth-order valence-corrected chi connectivity index (χ4v) is 3.30. The topological polar surface area (TPSA) is 41.1 Å². The smallest absolute Gasteiger partial charge is 0.224 e. The van der Waals surface area contributed by atoms with E-state index < -0.39 is 0 Å². The molecular formula is C15H29ClN2O. The Kier molecular flexibility index (Phi) is 8.47. The normalized spacial score (nSPS) is 24.5. The van der Waals surface area contributed by atoms with Crippen molar-refractivity contribution in [3.05, 3.63) is 0 Å². The van der Waals surface area contributed by atoms with Gasteiger partial charge in [-0.1, -0.05) is 32.1 Å². The molecule has 0 radical (unpaired) electrons. The summed E-state index contributed by atoms with van der Waals surface area (Å²) in [6, 6.07) is 0. The van der Waals surface area contributed by atoms with Crippen molar-refractivity contribution in [1.29, 1.82) is 0 Å². The van der Waals surface area contributed by atoms with Crippen molar-refractivity contribution in [2.45, 2.75) is 57.8 Å². The lowest BCUT2D eigenvalue weighted by Gasteiger charge is -2.23. The molecule has 2 fully saturated rings. The summed E-state index contributed by atoms with van der Waals surface area (Å²) in [7, 11) is 0. The van der Waals surface area contributed by atoms with E-state index in [0.29, 0.717) is 0 Å². The number of carbonyl (C=O) groups is 1. The fraction of sp³-hybridized carbons (Fsp3) is 0.933. The van der Waals surface area contributed by atoms with Crippen LogP contribution in [0.4, 0.5) is 0 Å². The van der Waals surface area contributed by atoms with Crippen molar-refractivity contribution in [3.8, 4) is 0 Å². The minimum absolute atomic E-state index is 0. The molecule has 0 aromatic heterocycles. The predicted octanol–water partition coefficient (Wildman–Crippen LogP) is 2.88. The van der Waals surface area contributed by atoms with Crippen LogP contribution in [-0.2, 0) is 4.79 Å². The first-order chi connectivity index (χ1) is 8.86. The summed E-state index contributed by atoms with van der Waals surface area (Å²) in [5.74, 6) is 1.42. The van der Waals surface area contributed by atoms with E-state index in [0.717, 1.165) is 44.8 Å². The van der Waals surface area contributed by atoms with Gasteiger partial charge < -0.3 is 10.6 Å². The van der Waals surface area contributed by atoms with E-state index in [4.69, 9.17) is 0 Å². The molecule has 1 amide bonds. The Morgan fingerprint density at radius 1 is 1.11 bits per heavy atom. The number of hydrogen-bond acceptors (Lipinski definition) is 2. The first-order valence-electron chi connectivity index (χ1n) is 7.84. The maximum absolute atomic E-state index is 11.9. The Labute approximate surface area is 123 Å². The van der Waals surface area contributed by atoms with Gasteiger partial charge in [0.25, 0.3) is 0 Å². The third kappa shape index (κ3) is 6.13. The molecule has 0 aromatic carbocycles. The quantitative estimate of drug-likeness (QED) is 0.764. The molecule has 1 unspecified atom stereocenters. The molecule has 1 aliphatic carbocycles. The summed E-state index contributed by atoms with van der Waals surface area (Å²) in [6.07, 6.45) is 11.8. The molecule has 4 heteroatoms. The number of halogens is 1. The second-order valence-corrected chi connectivity index (χ2v) is 5.98. The number of amides is 1. The molecule has 1 aliphatic heterocycles. The van der Waals surface area contributed by atoms with E-state index in [1.807, 2.05) is 0 Å². The van der Waals surface area contributed by atoms with Crippen molar-refractivity contribution < 1.29 is 4.79 Å². The first-order valence-corrected chi connectivity index (χ1v) is 7.84. The zero-order valence-electron chi connectivity index (χ0n) is 12.0. The minimum atomic E-state index is 0. The summed E-state index contributed by atoms with van der Waals surface area (Å²) < 4.78 is 0. The molecule has 1 saturated heterocycles. The molecular weight excluding hydrogens is 260 g/mol. The highest BCUT2D eigenvalue weighted by molar-refractivity contribution is 5.85. The van der Waals surface area contributed by atoms with Gasteiger partial charge in [0.2, 0.25) is 5.91 Å². The van der Waals surface area contributed by atoms with E-state index >= 15 is 0 Å². The van der Waals surface area contributed by atoms with Crippen LogP contribution in [0.25, 0.3) is 0 Å². The molecule has 0 spiro atoms. The van der Waals surface area contributed by atoms with Crippen molar-refractivity contribution in [1.82, 2.24) is 10.6 Å². The van der Waals surface area contributed by atoms with Gasteiger partial charge in [0.1, 0.15) is 0 Å². The van der Waals surface area contributed by atoms with Crippen molar-refractivity contribution in [2.75, 3.05) is 19.6 Å². The third-order valence-corrected chi connectivity index (χ3v) is 4.48. The number of carbonyl (C=O) groups excluding carboxylic acids is 1. The highest BCUT2D eigenvalue weighted by Crippen LogP contribution is 2.26. The number of piperidine rings is 1. The second kappa shape index (κ2) is 9.60. The van der Waals surface area contributed by atoms with Crippen LogP contribution >= 0.6 is 12.4 Å². The van der Waals surface area contributed by atoms with E-state index in [9.17, 15) is 4.79 Å². The van der Waals surface area contributed by atoms with Gasteiger partial charge >= 0.3 is 0 Å². The van der Waals surface area contributed by atoms with Gasteiger partial charge in [-0.15, -0.1) is 12.4 Å². The minimum Gasteiger partial charge on any atom is -0.356 e. The largest absolute Gasteiger partial charge is 0.356 e. The van der Waals surface area contributed by atoms with Gasteiger partial charge in [-0.3, -0.25) is 4.79 Å². The predicted molar refractivity (Wildman–Crippen MR) is 81.7 cm³/mol. The Morgan fingerprint density at radius 2 is 1.89 bits per heavy atom. The van der Waals surface area contributed by atoms with Crippen LogP contribution in [0.1, 0.15) is 57.8 Å². The molecule has 0 bridgehead atoms. The molecule has 3 nitrogen and oxygen atoms in total. The lowest BCUT2D eigenvalue weighted by molar-refractivity contribution is -0.125. The Bertz CT molecular complexity index is 249. The zero-order valence-corrected chi connectivity index (χ0v) is 12.8. The Hall–Kier alpha value is -0.280. The van der Waals surface area contributed by atoms with E-state index in [2.05, 4.69) is 10.6 Å². The van der Waals surface area contributed by atoms with Crippen molar-refractivity contribution in [3.63, 3.8) is 0 Å². The van der Waals surface area contributed by atoms with Crippen molar-refractivity contribution >= 4 is 18.3 Å². The molecule has 2 rings (SSSR count). The summed E-state index contributed by atoms with van der Waals surface area (Å²) in [5, 5.41) is 6.41. The monoisotopic (exact) mass is 288 g/mol. The molecule has 1 heterocycles. The average molecular weight is 289 g/mol. The number of nitrogens with one attached hydrogen (secondary N) is 2. The number of rotatable bonds is 5. The SMILES string of the molecule is Cl.O=C(NCCCC1CCCCC1)C1CCCNC1. The van der Waals surface area contributed by atoms with Gasteiger partial charge in [-0.05, 0) is 38.1 Å². The van der Waals surface area contributed by atoms with Crippen LogP contribution in [-0.4, -0.2) is 25.5 Å². The van der Waals surface area contributed by atoms with Gasteiger partial charge in [-0.2, -0.15) is 0 Å². The van der Waals surface area contributed by atoms with E-state index in [-0.39, 0.29) is 24.2 Å². The summed E-state index contributed by atoms with van der Waals surface area (Å²) >= 11 is 0. The first kappa shape index (κ1) is 16.8. The highest BCUT2D eigenvalue weighted by atomic mass is 35.5. The average Bonchev–Trinajstić information content (AvgIpc) is 2.45. The Balaban J connectivity index is 0.00000180. The van der Waals surface area contributed by atoms with Gasteiger partial charge in [0, 0.05) is 13.1 Å². The summed E-state index contributed by atoms with van der Waals surface area (Å²) in [4.78, 5) is 11.9. The van der Waals surface area contributed by atoms with E-state index in [1.54, 1.807) is 0 Å². The van der Waals surface area contributed by atoms with Gasteiger partial charge in [0.05, 0.1) is 5.92 Å². The van der Waals surface area contributed by atoms with Crippen LogP contribution < -0.4 is 10.6 Å². The molecule has 19 heavy (non-hydrogen) atoms. The zero-order chi connectivity index (χ0) is 12.6. The van der Waals surface area contributed by atoms with E-state index in [1.165, 1.54) is 38.5 Å². The molecule has 1 atom stereocenters. The molecule has 0 aromatic rings. The standard InChI is InChI=1S/C15H28N2O.ClH/c18-15(14-9-5-10-16-12-14)17-11-4-8-13-6-2-1-3-7-13;/h13-14,16H,1-12H2,(H,17,18);1H. The van der Waals surface area contributed by atoms with Crippen LogP contribution in [0, 0.1) is 11.8 Å². The lowest BCUT2D eigenvalue weighted by atomic mass is 9.86. The molecule has 2 aliphatic rings. The molecule has 112 valence electrons. The second-order valence-electron chi connectivity index (χ2n) is 5.98. The molecule has 2 N–H and O–H groups in total. The summed E-state index contributed by atoms with van der Waals surface area (Å²) in [5.41, 5.74) is 0. The van der Waals surface area contributed by atoms with Crippen LogP contribution in [0.2, 0.25) is 0 Å².